The first-order valence-corrected chi connectivity index (χ1v) is 5.89. The fourth-order valence-corrected chi connectivity index (χ4v) is 1.93. The van der Waals surface area contributed by atoms with Crippen molar-refractivity contribution >= 4 is 11.4 Å². The molecule has 2 nitrogen and oxygen atoms in total. The number of nitrogens with zero attached hydrogens (tertiary/aromatic N) is 2. The molecule has 0 radical (unpaired) electrons. The van der Waals surface area contributed by atoms with Crippen molar-refractivity contribution < 1.29 is 8.78 Å². The zero-order valence-corrected chi connectivity index (χ0v) is 10.4. The molecule has 19 heavy (non-hydrogen) atoms. The molecule has 96 valence electrons. The third-order valence-corrected chi connectivity index (χ3v) is 2.84. The van der Waals surface area contributed by atoms with Crippen LogP contribution >= 0.6 is 0 Å². The number of benzene rings is 2. The van der Waals surface area contributed by atoms with Gasteiger partial charge >= 0.3 is 0 Å². The van der Waals surface area contributed by atoms with Crippen LogP contribution < -0.4 is 4.90 Å². The maximum atomic E-state index is 13.8. The van der Waals surface area contributed by atoms with Crippen LogP contribution in [0.5, 0.6) is 0 Å². The maximum absolute atomic E-state index is 13.8. The Hall–Kier alpha value is -2.41. The van der Waals surface area contributed by atoms with Crippen LogP contribution in [0, 0.1) is 23.0 Å². The van der Waals surface area contributed by atoms with E-state index in [1.807, 2.05) is 6.92 Å². The highest BCUT2D eigenvalue weighted by molar-refractivity contribution is 5.64. The Kier molecular flexibility index (Phi) is 3.76. The van der Waals surface area contributed by atoms with Gasteiger partial charge in [0.25, 0.3) is 0 Å². The Morgan fingerprint density at radius 2 is 1.84 bits per heavy atom. The van der Waals surface area contributed by atoms with E-state index < -0.39 is 5.82 Å². The average molecular weight is 258 g/mol. The Labute approximate surface area is 110 Å². The van der Waals surface area contributed by atoms with Crippen LogP contribution in [0.4, 0.5) is 20.2 Å². The zero-order chi connectivity index (χ0) is 13.8. The topological polar surface area (TPSA) is 27.0 Å². The van der Waals surface area contributed by atoms with Gasteiger partial charge in [0.1, 0.15) is 17.7 Å². The van der Waals surface area contributed by atoms with Gasteiger partial charge in [-0.2, -0.15) is 5.26 Å². The van der Waals surface area contributed by atoms with Crippen molar-refractivity contribution in [3.8, 4) is 6.07 Å². The van der Waals surface area contributed by atoms with Crippen molar-refractivity contribution in [1.82, 2.24) is 0 Å². The van der Waals surface area contributed by atoms with Crippen molar-refractivity contribution in [1.29, 1.82) is 5.26 Å². The molecule has 0 aromatic heterocycles. The van der Waals surface area contributed by atoms with E-state index in [4.69, 9.17) is 5.26 Å². The molecule has 4 heteroatoms. The van der Waals surface area contributed by atoms with E-state index in [0.29, 0.717) is 17.9 Å². The quantitative estimate of drug-likeness (QED) is 0.832. The molecule has 2 rings (SSSR count). The molecule has 0 heterocycles. The molecule has 2 aromatic carbocycles. The second-order valence-corrected chi connectivity index (χ2v) is 3.97. The van der Waals surface area contributed by atoms with Gasteiger partial charge in [0.05, 0.1) is 11.3 Å². The summed E-state index contributed by atoms with van der Waals surface area (Å²) in [7, 11) is 0. The van der Waals surface area contributed by atoms with Crippen LogP contribution in [0.15, 0.2) is 42.5 Å². The van der Waals surface area contributed by atoms with Gasteiger partial charge in [-0.3, -0.25) is 0 Å². The summed E-state index contributed by atoms with van der Waals surface area (Å²) in [6.07, 6.45) is 0. The summed E-state index contributed by atoms with van der Waals surface area (Å²) in [5.41, 5.74) is 0.881. The standard InChI is InChI=1S/C15H12F2N2/c1-2-19(15-6-4-3-5-13(15)16)12-8-7-11(10-18)14(17)9-12/h3-9H,2H2,1H3. The molecule has 0 spiro atoms. The van der Waals surface area contributed by atoms with E-state index in [1.54, 1.807) is 35.2 Å². The number of anilines is 2. The van der Waals surface area contributed by atoms with E-state index in [0.717, 1.165) is 0 Å². The Bertz CT molecular complexity index is 632. The van der Waals surface area contributed by atoms with Crippen LogP contribution in [0.3, 0.4) is 0 Å². The van der Waals surface area contributed by atoms with Gasteiger partial charge in [-0.25, -0.2) is 8.78 Å². The number of halogens is 2. The largest absolute Gasteiger partial charge is 0.339 e. The van der Waals surface area contributed by atoms with Crippen LogP contribution in [0.1, 0.15) is 12.5 Å². The molecule has 0 saturated carbocycles. The predicted octanol–water partition coefficient (Wildman–Crippen LogP) is 3.99. The number of rotatable bonds is 3. The monoisotopic (exact) mass is 258 g/mol. The number of para-hydroxylation sites is 1. The van der Waals surface area contributed by atoms with Crippen LogP contribution in [0.25, 0.3) is 0 Å². The van der Waals surface area contributed by atoms with Gasteiger partial charge in [-0.1, -0.05) is 12.1 Å². The minimum absolute atomic E-state index is 0.0201. The Morgan fingerprint density at radius 1 is 1.11 bits per heavy atom. The van der Waals surface area contributed by atoms with Crippen molar-refractivity contribution in [3.05, 3.63) is 59.7 Å². The summed E-state index contributed by atoms with van der Waals surface area (Å²) in [4.78, 5) is 1.65. The molecule has 0 unspecified atom stereocenters. The average Bonchev–Trinajstić information content (AvgIpc) is 2.42. The Morgan fingerprint density at radius 3 is 2.42 bits per heavy atom. The third-order valence-electron chi connectivity index (χ3n) is 2.84. The fraction of sp³-hybridized carbons (Fsp3) is 0.133. The lowest BCUT2D eigenvalue weighted by molar-refractivity contribution is 0.619. The van der Waals surface area contributed by atoms with E-state index >= 15 is 0 Å². The van der Waals surface area contributed by atoms with E-state index in [1.165, 1.54) is 18.2 Å². The lowest BCUT2D eigenvalue weighted by Crippen LogP contribution is -2.17. The number of nitriles is 1. The van der Waals surface area contributed by atoms with Gasteiger partial charge in [0.2, 0.25) is 0 Å². The van der Waals surface area contributed by atoms with Crippen molar-refractivity contribution in [2.24, 2.45) is 0 Å². The molecule has 0 atom stereocenters. The summed E-state index contributed by atoms with van der Waals surface area (Å²) in [5.74, 6) is -0.969. The van der Waals surface area contributed by atoms with Gasteiger partial charge in [0, 0.05) is 12.2 Å². The first-order chi connectivity index (χ1) is 9.17. The van der Waals surface area contributed by atoms with Crippen molar-refractivity contribution in [2.45, 2.75) is 6.92 Å². The second-order valence-electron chi connectivity index (χ2n) is 3.97. The number of hydrogen-bond acceptors (Lipinski definition) is 2. The molecular formula is C15H12F2N2. The highest BCUT2D eigenvalue weighted by Gasteiger charge is 2.13. The van der Waals surface area contributed by atoms with Gasteiger partial charge in [0.15, 0.2) is 0 Å². The van der Waals surface area contributed by atoms with Crippen molar-refractivity contribution in [3.63, 3.8) is 0 Å². The Balaban J connectivity index is 2.46. The SMILES string of the molecule is CCN(c1ccc(C#N)c(F)c1)c1ccccc1F. The molecule has 0 N–H and O–H groups in total. The zero-order valence-electron chi connectivity index (χ0n) is 10.4. The first kappa shape index (κ1) is 13.0. The molecule has 0 bridgehead atoms. The second kappa shape index (κ2) is 5.49. The van der Waals surface area contributed by atoms with Gasteiger partial charge < -0.3 is 4.90 Å². The molecule has 0 aliphatic rings. The molecule has 0 fully saturated rings. The van der Waals surface area contributed by atoms with E-state index in [9.17, 15) is 8.78 Å². The first-order valence-electron chi connectivity index (χ1n) is 5.89. The van der Waals surface area contributed by atoms with Gasteiger partial charge in [-0.05, 0) is 37.3 Å². The molecule has 2 aromatic rings. The highest BCUT2D eigenvalue weighted by Crippen LogP contribution is 2.28. The summed E-state index contributed by atoms with van der Waals surface area (Å²) >= 11 is 0. The lowest BCUT2D eigenvalue weighted by Gasteiger charge is -2.23. The normalized spacial score (nSPS) is 10.0. The molecule has 0 amide bonds. The van der Waals surface area contributed by atoms with E-state index in [-0.39, 0.29) is 11.4 Å². The van der Waals surface area contributed by atoms with Gasteiger partial charge in [-0.15, -0.1) is 0 Å². The summed E-state index contributed by atoms with van der Waals surface area (Å²) < 4.78 is 27.4. The maximum Gasteiger partial charge on any atom is 0.146 e. The van der Waals surface area contributed by atoms with E-state index in [2.05, 4.69) is 0 Å². The molecule has 0 saturated heterocycles. The van der Waals surface area contributed by atoms with Crippen LogP contribution in [-0.2, 0) is 0 Å². The highest BCUT2D eigenvalue weighted by atomic mass is 19.1. The summed E-state index contributed by atoms with van der Waals surface area (Å²) in [6, 6.07) is 12.3. The number of hydrogen-bond donors (Lipinski definition) is 0. The van der Waals surface area contributed by atoms with Crippen LogP contribution in [-0.4, -0.2) is 6.54 Å². The lowest BCUT2D eigenvalue weighted by atomic mass is 10.1. The molecule has 0 aliphatic carbocycles. The molecule has 0 aliphatic heterocycles. The smallest absolute Gasteiger partial charge is 0.146 e. The fourth-order valence-electron chi connectivity index (χ4n) is 1.93. The summed E-state index contributed by atoms with van der Waals surface area (Å²) in [5, 5.41) is 8.70. The minimum atomic E-state index is -0.602. The summed E-state index contributed by atoms with van der Waals surface area (Å²) in [6.45, 7) is 2.34. The third kappa shape index (κ3) is 2.55. The van der Waals surface area contributed by atoms with Crippen molar-refractivity contribution in [2.75, 3.05) is 11.4 Å². The predicted molar refractivity (Wildman–Crippen MR) is 70.2 cm³/mol. The van der Waals surface area contributed by atoms with Crippen LogP contribution in [0.2, 0.25) is 0 Å². The molecular weight excluding hydrogens is 246 g/mol. The minimum Gasteiger partial charge on any atom is -0.339 e.